The molecular weight excluding hydrogens is 242 g/mol. The van der Waals surface area contributed by atoms with Gasteiger partial charge in [0.25, 0.3) is 0 Å². The standard InChI is InChI=1S/C14H23N3O2/c1-6-11-10-9-17(13(18)19-14(2,3)4)8-7-12(10)16(5)15-11/h6-9H2,1-5H3. The van der Waals surface area contributed by atoms with Crippen LogP contribution < -0.4 is 0 Å². The van der Waals surface area contributed by atoms with Crippen molar-refractivity contribution in [1.29, 1.82) is 0 Å². The number of hydrogen-bond acceptors (Lipinski definition) is 3. The average molecular weight is 265 g/mol. The van der Waals surface area contributed by atoms with Crippen LogP contribution in [0.15, 0.2) is 0 Å². The molecule has 1 aromatic rings. The highest BCUT2D eigenvalue weighted by Crippen LogP contribution is 2.23. The summed E-state index contributed by atoms with van der Waals surface area (Å²) in [6.45, 7) is 9.08. The van der Waals surface area contributed by atoms with E-state index in [2.05, 4.69) is 12.0 Å². The molecule has 1 aliphatic heterocycles. The largest absolute Gasteiger partial charge is 0.444 e. The van der Waals surface area contributed by atoms with E-state index < -0.39 is 5.60 Å². The number of hydrogen-bond donors (Lipinski definition) is 0. The van der Waals surface area contributed by atoms with Gasteiger partial charge in [0.15, 0.2) is 0 Å². The second-order valence-corrected chi connectivity index (χ2v) is 6.00. The Hall–Kier alpha value is -1.52. The van der Waals surface area contributed by atoms with Gasteiger partial charge in [-0.25, -0.2) is 4.79 Å². The summed E-state index contributed by atoms with van der Waals surface area (Å²) in [5.41, 5.74) is 3.09. The van der Waals surface area contributed by atoms with Crippen LogP contribution in [0.25, 0.3) is 0 Å². The molecule has 2 heterocycles. The van der Waals surface area contributed by atoms with Crippen LogP contribution in [-0.2, 0) is 31.2 Å². The lowest BCUT2D eigenvalue weighted by Crippen LogP contribution is -2.40. The van der Waals surface area contributed by atoms with Crippen molar-refractivity contribution in [2.24, 2.45) is 7.05 Å². The van der Waals surface area contributed by atoms with E-state index in [1.807, 2.05) is 32.5 Å². The third-order valence-corrected chi connectivity index (χ3v) is 3.31. The van der Waals surface area contributed by atoms with Gasteiger partial charge in [-0.05, 0) is 27.2 Å². The molecule has 0 aromatic carbocycles. The zero-order valence-corrected chi connectivity index (χ0v) is 12.5. The number of fused-ring (bicyclic) bond motifs is 1. The summed E-state index contributed by atoms with van der Waals surface area (Å²) < 4.78 is 7.38. The molecule has 0 fully saturated rings. The molecule has 0 saturated carbocycles. The number of aromatic nitrogens is 2. The van der Waals surface area contributed by atoms with E-state index in [4.69, 9.17) is 4.74 Å². The van der Waals surface area contributed by atoms with E-state index in [0.717, 1.165) is 18.5 Å². The SMILES string of the molecule is CCc1nn(C)c2c1CN(C(=O)OC(C)(C)C)CC2. The molecule has 1 aromatic heterocycles. The molecular formula is C14H23N3O2. The minimum atomic E-state index is -0.445. The lowest BCUT2D eigenvalue weighted by molar-refractivity contribution is 0.0222. The molecule has 2 rings (SSSR count). The average Bonchev–Trinajstić information content (AvgIpc) is 2.63. The zero-order chi connectivity index (χ0) is 14.2. The van der Waals surface area contributed by atoms with Crippen molar-refractivity contribution in [3.05, 3.63) is 17.0 Å². The predicted molar refractivity (Wildman–Crippen MR) is 72.9 cm³/mol. The van der Waals surface area contributed by atoms with Gasteiger partial charge in [-0.15, -0.1) is 0 Å². The molecule has 0 atom stereocenters. The zero-order valence-electron chi connectivity index (χ0n) is 12.5. The lowest BCUT2D eigenvalue weighted by atomic mass is 10.0. The van der Waals surface area contributed by atoms with Gasteiger partial charge in [0, 0.05) is 31.3 Å². The maximum Gasteiger partial charge on any atom is 0.410 e. The summed E-state index contributed by atoms with van der Waals surface area (Å²) in [5, 5.41) is 4.52. The second kappa shape index (κ2) is 4.87. The van der Waals surface area contributed by atoms with Gasteiger partial charge in [-0.3, -0.25) is 4.68 Å². The van der Waals surface area contributed by atoms with Crippen LogP contribution in [0.5, 0.6) is 0 Å². The van der Waals surface area contributed by atoms with Crippen LogP contribution in [0, 0.1) is 0 Å². The van der Waals surface area contributed by atoms with E-state index in [1.54, 1.807) is 4.90 Å². The Kier molecular flexibility index (Phi) is 3.56. The summed E-state index contributed by atoms with van der Waals surface area (Å²) in [4.78, 5) is 13.9. The van der Waals surface area contributed by atoms with E-state index in [1.165, 1.54) is 11.3 Å². The molecule has 5 nitrogen and oxygen atoms in total. The summed E-state index contributed by atoms with van der Waals surface area (Å²) in [5.74, 6) is 0. The minimum Gasteiger partial charge on any atom is -0.444 e. The van der Waals surface area contributed by atoms with Gasteiger partial charge < -0.3 is 9.64 Å². The fraction of sp³-hybridized carbons (Fsp3) is 0.714. The summed E-state index contributed by atoms with van der Waals surface area (Å²) in [6.07, 6.45) is 1.51. The Morgan fingerprint density at radius 1 is 1.42 bits per heavy atom. The Balaban J connectivity index is 2.15. The molecule has 0 spiro atoms. The van der Waals surface area contributed by atoms with E-state index in [9.17, 15) is 4.79 Å². The highest BCUT2D eigenvalue weighted by Gasteiger charge is 2.28. The minimum absolute atomic E-state index is 0.232. The van der Waals surface area contributed by atoms with Gasteiger partial charge in [0.1, 0.15) is 5.60 Å². The van der Waals surface area contributed by atoms with Crippen LogP contribution in [0.4, 0.5) is 4.79 Å². The first-order valence-electron chi connectivity index (χ1n) is 6.83. The first-order valence-corrected chi connectivity index (χ1v) is 6.83. The number of carbonyl (C=O) groups is 1. The van der Waals surface area contributed by atoms with Gasteiger partial charge >= 0.3 is 6.09 Å². The van der Waals surface area contributed by atoms with Crippen molar-refractivity contribution in [2.45, 2.75) is 52.7 Å². The molecule has 0 N–H and O–H groups in total. The highest BCUT2D eigenvalue weighted by molar-refractivity contribution is 5.68. The first kappa shape index (κ1) is 13.9. The molecule has 0 bridgehead atoms. The van der Waals surface area contributed by atoms with Crippen molar-refractivity contribution >= 4 is 6.09 Å². The predicted octanol–water partition coefficient (Wildman–Crippen LogP) is 2.28. The van der Waals surface area contributed by atoms with Crippen LogP contribution in [-0.4, -0.2) is 32.9 Å². The van der Waals surface area contributed by atoms with Crippen molar-refractivity contribution < 1.29 is 9.53 Å². The van der Waals surface area contributed by atoms with Gasteiger partial charge in [-0.1, -0.05) is 6.92 Å². The fourth-order valence-electron chi connectivity index (χ4n) is 2.44. The van der Waals surface area contributed by atoms with Crippen molar-refractivity contribution in [3.8, 4) is 0 Å². The Morgan fingerprint density at radius 2 is 2.11 bits per heavy atom. The third-order valence-electron chi connectivity index (χ3n) is 3.31. The molecule has 0 aliphatic carbocycles. The quantitative estimate of drug-likeness (QED) is 0.782. The molecule has 19 heavy (non-hydrogen) atoms. The number of carbonyl (C=O) groups excluding carboxylic acids is 1. The van der Waals surface area contributed by atoms with Gasteiger partial charge in [-0.2, -0.15) is 5.10 Å². The number of ether oxygens (including phenoxy) is 1. The number of rotatable bonds is 1. The monoisotopic (exact) mass is 265 g/mol. The molecule has 1 aliphatic rings. The van der Waals surface area contributed by atoms with E-state index in [-0.39, 0.29) is 6.09 Å². The lowest BCUT2D eigenvalue weighted by Gasteiger charge is -2.30. The van der Waals surface area contributed by atoms with E-state index in [0.29, 0.717) is 13.1 Å². The maximum atomic E-state index is 12.1. The van der Waals surface area contributed by atoms with Gasteiger partial charge in [0.2, 0.25) is 0 Å². The van der Waals surface area contributed by atoms with Crippen LogP contribution in [0.1, 0.15) is 44.6 Å². The normalized spacial score (nSPS) is 15.3. The summed E-state index contributed by atoms with van der Waals surface area (Å²) in [6, 6.07) is 0. The van der Waals surface area contributed by atoms with Gasteiger partial charge in [0.05, 0.1) is 12.2 Å². The van der Waals surface area contributed by atoms with Crippen LogP contribution in [0.3, 0.4) is 0 Å². The third kappa shape index (κ3) is 2.91. The van der Waals surface area contributed by atoms with E-state index >= 15 is 0 Å². The second-order valence-electron chi connectivity index (χ2n) is 6.00. The smallest absolute Gasteiger partial charge is 0.410 e. The van der Waals surface area contributed by atoms with Crippen molar-refractivity contribution in [3.63, 3.8) is 0 Å². The molecule has 1 amide bonds. The molecule has 5 heteroatoms. The molecule has 0 unspecified atom stereocenters. The number of amides is 1. The maximum absolute atomic E-state index is 12.1. The van der Waals surface area contributed by atoms with Crippen LogP contribution >= 0.6 is 0 Å². The summed E-state index contributed by atoms with van der Waals surface area (Å²) >= 11 is 0. The fourth-order valence-corrected chi connectivity index (χ4v) is 2.44. The van der Waals surface area contributed by atoms with Crippen molar-refractivity contribution in [1.82, 2.24) is 14.7 Å². The molecule has 106 valence electrons. The van der Waals surface area contributed by atoms with Crippen LogP contribution in [0.2, 0.25) is 0 Å². The first-order chi connectivity index (χ1) is 8.81. The molecule has 0 radical (unpaired) electrons. The van der Waals surface area contributed by atoms with Crippen molar-refractivity contribution in [2.75, 3.05) is 6.54 Å². The highest BCUT2D eigenvalue weighted by atomic mass is 16.6. The Bertz CT molecular complexity index is 486. The topological polar surface area (TPSA) is 47.4 Å². The number of nitrogens with zero attached hydrogens (tertiary/aromatic N) is 3. The summed E-state index contributed by atoms with van der Waals surface area (Å²) in [7, 11) is 1.97. The Morgan fingerprint density at radius 3 is 2.68 bits per heavy atom. The molecule has 0 saturated heterocycles. The Labute approximate surface area is 114 Å². The number of aryl methyl sites for hydroxylation is 2.